The molecule has 192 valence electrons. The van der Waals surface area contributed by atoms with Crippen LogP contribution < -0.4 is 15.6 Å². The summed E-state index contributed by atoms with van der Waals surface area (Å²) in [6.07, 6.45) is 3.95. The molecule has 9 nitrogen and oxygen atoms in total. The van der Waals surface area contributed by atoms with E-state index in [1.165, 1.54) is 0 Å². The molecule has 2 aromatic carbocycles. The van der Waals surface area contributed by atoms with Gasteiger partial charge in [-0.2, -0.15) is 5.10 Å². The predicted molar refractivity (Wildman–Crippen MR) is 148 cm³/mol. The molecule has 2 aromatic heterocycles. The van der Waals surface area contributed by atoms with Crippen molar-refractivity contribution < 1.29 is 4.74 Å². The van der Waals surface area contributed by atoms with Crippen LogP contribution in [0.25, 0.3) is 22.4 Å². The third kappa shape index (κ3) is 5.21. The van der Waals surface area contributed by atoms with E-state index in [1.807, 2.05) is 55.5 Å². The molecule has 1 aliphatic heterocycles. The van der Waals surface area contributed by atoms with Crippen molar-refractivity contribution in [2.24, 2.45) is 12.0 Å². The molecule has 0 saturated carbocycles. The first-order valence-corrected chi connectivity index (χ1v) is 13.0. The van der Waals surface area contributed by atoms with Crippen LogP contribution in [0.15, 0.2) is 58.3 Å². The zero-order chi connectivity index (χ0) is 25.8. The van der Waals surface area contributed by atoms with Crippen LogP contribution in [-0.4, -0.2) is 50.3 Å². The first kappa shape index (κ1) is 24.5. The van der Waals surface area contributed by atoms with E-state index in [4.69, 9.17) is 14.7 Å². The first-order chi connectivity index (χ1) is 18.1. The number of hydrogen-bond donors (Lipinski definition) is 2. The Labute approximate surface area is 216 Å². The second-order valence-corrected chi connectivity index (χ2v) is 9.17. The molecule has 1 fully saturated rings. The first-order valence-electron chi connectivity index (χ1n) is 13.0. The normalized spacial score (nSPS) is 13.9. The van der Waals surface area contributed by atoms with Crippen molar-refractivity contribution in [3.63, 3.8) is 0 Å². The van der Waals surface area contributed by atoms with Crippen LogP contribution in [0.3, 0.4) is 0 Å². The van der Waals surface area contributed by atoms with Crippen molar-refractivity contribution in [3.05, 3.63) is 64.6 Å². The van der Waals surface area contributed by atoms with Gasteiger partial charge in [0.25, 0.3) is 5.56 Å². The lowest BCUT2D eigenvalue weighted by Gasteiger charge is -2.22. The summed E-state index contributed by atoms with van der Waals surface area (Å²) in [5, 5.41) is 8.06. The number of benzene rings is 2. The minimum atomic E-state index is -0.221. The summed E-state index contributed by atoms with van der Waals surface area (Å²) in [6, 6.07) is 15.8. The number of hydrogen-bond acceptors (Lipinski definition) is 5. The minimum Gasteiger partial charge on any atom is -0.493 e. The number of rotatable bonds is 7. The Morgan fingerprint density at radius 1 is 1.14 bits per heavy atom. The fraction of sp³-hybridized carbons (Fsp3) is 0.357. The summed E-state index contributed by atoms with van der Waals surface area (Å²) in [4.78, 5) is 28.1. The number of guanidine groups is 1. The SMILES string of the molecule is CCCc1nn(C)c2c(=O)[nH]c(-c3cc(NC(=Nc4ccccc4)N4CCCC4)ccc3OCC)nc12. The van der Waals surface area contributed by atoms with Crippen LogP contribution in [0, 0.1) is 0 Å². The Morgan fingerprint density at radius 3 is 2.65 bits per heavy atom. The van der Waals surface area contributed by atoms with Crippen LogP contribution in [0.4, 0.5) is 11.4 Å². The van der Waals surface area contributed by atoms with E-state index in [2.05, 4.69) is 27.2 Å². The number of fused-ring (bicyclic) bond motifs is 1. The summed E-state index contributed by atoms with van der Waals surface area (Å²) < 4.78 is 7.54. The summed E-state index contributed by atoms with van der Waals surface area (Å²) in [7, 11) is 1.78. The Hall–Kier alpha value is -4.14. The molecule has 0 atom stereocenters. The van der Waals surface area contributed by atoms with Crippen LogP contribution in [0.2, 0.25) is 0 Å². The summed E-state index contributed by atoms with van der Waals surface area (Å²) >= 11 is 0. The third-order valence-corrected chi connectivity index (χ3v) is 6.44. The Bertz CT molecular complexity index is 1470. The van der Waals surface area contributed by atoms with Crippen LogP contribution in [0.5, 0.6) is 5.75 Å². The average molecular weight is 500 g/mol. The van der Waals surface area contributed by atoms with E-state index in [9.17, 15) is 4.79 Å². The number of aliphatic imine (C=N–C) groups is 1. The summed E-state index contributed by atoms with van der Waals surface area (Å²) in [6.45, 7) is 6.43. The van der Waals surface area contributed by atoms with Gasteiger partial charge in [0.2, 0.25) is 5.96 Å². The highest BCUT2D eigenvalue weighted by molar-refractivity contribution is 5.96. The number of aryl methyl sites for hydroxylation is 2. The van der Waals surface area contributed by atoms with Crippen molar-refractivity contribution in [2.75, 3.05) is 25.0 Å². The number of anilines is 1. The number of H-pyrrole nitrogens is 1. The van der Waals surface area contributed by atoms with Crippen LogP contribution >= 0.6 is 0 Å². The standard InChI is InChI=1S/C28H33N7O2/c1-4-11-22-24-25(34(3)33-22)27(36)32-26(31-24)21-18-20(14-15-23(21)37-5-2)30-28(35-16-9-10-17-35)29-19-12-7-6-8-13-19/h6-8,12-15,18H,4-5,9-11,16-17H2,1-3H3,(H,29,30)(H,31,32,36). The summed E-state index contributed by atoms with van der Waals surface area (Å²) in [5.74, 6) is 1.91. The van der Waals surface area contributed by atoms with E-state index < -0.39 is 0 Å². The number of nitrogens with zero attached hydrogens (tertiary/aromatic N) is 5. The van der Waals surface area contributed by atoms with E-state index in [1.54, 1.807) is 11.7 Å². The van der Waals surface area contributed by atoms with E-state index >= 15 is 0 Å². The molecule has 2 N–H and O–H groups in total. The smallest absolute Gasteiger partial charge is 0.277 e. The molecule has 3 heterocycles. The Balaban J connectivity index is 1.58. The zero-order valence-electron chi connectivity index (χ0n) is 21.6. The Kier molecular flexibility index (Phi) is 7.20. The van der Waals surface area contributed by atoms with Crippen molar-refractivity contribution in [1.29, 1.82) is 0 Å². The fourth-order valence-electron chi connectivity index (χ4n) is 4.71. The van der Waals surface area contributed by atoms with Gasteiger partial charge in [0, 0.05) is 25.8 Å². The molecule has 37 heavy (non-hydrogen) atoms. The lowest BCUT2D eigenvalue weighted by Crippen LogP contribution is -2.33. The number of aromatic nitrogens is 4. The Morgan fingerprint density at radius 2 is 1.92 bits per heavy atom. The predicted octanol–water partition coefficient (Wildman–Crippen LogP) is 4.87. The van der Waals surface area contributed by atoms with Gasteiger partial charge in [-0.3, -0.25) is 9.48 Å². The van der Waals surface area contributed by atoms with Gasteiger partial charge in [0.05, 0.1) is 23.6 Å². The van der Waals surface area contributed by atoms with Crippen molar-refractivity contribution in [3.8, 4) is 17.1 Å². The third-order valence-electron chi connectivity index (χ3n) is 6.44. The van der Waals surface area contributed by atoms with Gasteiger partial charge in [-0.1, -0.05) is 31.5 Å². The van der Waals surface area contributed by atoms with Crippen molar-refractivity contribution >= 4 is 28.4 Å². The molecule has 0 unspecified atom stereocenters. The molecule has 1 aliphatic rings. The number of ether oxygens (including phenoxy) is 1. The van der Waals surface area contributed by atoms with Crippen LogP contribution in [0.1, 0.15) is 38.8 Å². The number of likely N-dealkylation sites (tertiary alicyclic amines) is 1. The second-order valence-electron chi connectivity index (χ2n) is 9.17. The molecule has 5 rings (SSSR count). The zero-order valence-corrected chi connectivity index (χ0v) is 21.6. The molecule has 4 aromatic rings. The maximum atomic E-state index is 13.1. The molecule has 0 radical (unpaired) electrons. The highest BCUT2D eigenvalue weighted by atomic mass is 16.5. The highest BCUT2D eigenvalue weighted by Gasteiger charge is 2.20. The summed E-state index contributed by atoms with van der Waals surface area (Å²) in [5.41, 5.74) is 4.14. The number of nitrogens with one attached hydrogen (secondary N) is 2. The maximum absolute atomic E-state index is 13.1. The average Bonchev–Trinajstić information content (AvgIpc) is 3.54. The quantitative estimate of drug-likeness (QED) is 0.278. The van der Waals surface area contributed by atoms with E-state index in [0.717, 1.165) is 61.8 Å². The molecular formula is C28H33N7O2. The van der Waals surface area contributed by atoms with Gasteiger partial charge in [-0.25, -0.2) is 9.98 Å². The topological polar surface area (TPSA) is 100 Å². The second kappa shape index (κ2) is 10.9. The molecule has 1 saturated heterocycles. The van der Waals surface area contributed by atoms with Gasteiger partial charge in [0.1, 0.15) is 17.1 Å². The minimum absolute atomic E-state index is 0.221. The van der Waals surface area contributed by atoms with E-state index in [-0.39, 0.29) is 5.56 Å². The number of aromatic amines is 1. The van der Waals surface area contributed by atoms with Gasteiger partial charge in [-0.15, -0.1) is 0 Å². The van der Waals surface area contributed by atoms with Gasteiger partial charge < -0.3 is 19.9 Å². The maximum Gasteiger partial charge on any atom is 0.277 e. The number of para-hydroxylation sites is 1. The molecule has 0 bridgehead atoms. The molecule has 0 aliphatic carbocycles. The molecule has 9 heteroatoms. The van der Waals surface area contributed by atoms with Crippen molar-refractivity contribution in [1.82, 2.24) is 24.6 Å². The fourth-order valence-corrected chi connectivity index (χ4v) is 4.71. The molecule has 0 spiro atoms. The lowest BCUT2D eigenvalue weighted by atomic mass is 10.1. The van der Waals surface area contributed by atoms with Crippen molar-refractivity contribution in [2.45, 2.75) is 39.5 Å². The van der Waals surface area contributed by atoms with Gasteiger partial charge in [-0.05, 0) is 56.5 Å². The van der Waals surface area contributed by atoms with Crippen LogP contribution in [-0.2, 0) is 13.5 Å². The monoisotopic (exact) mass is 499 g/mol. The molecular weight excluding hydrogens is 466 g/mol. The largest absolute Gasteiger partial charge is 0.493 e. The van der Waals surface area contributed by atoms with E-state index in [0.29, 0.717) is 34.8 Å². The molecule has 0 amide bonds. The van der Waals surface area contributed by atoms with Gasteiger partial charge >= 0.3 is 0 Å². The van der Waals surface area contributed by atoms with Gasteiger partial charge in [0.15, 0.2) is 5.52 Å². The lowest BCUT2D eigenvalue weighted by molar-refractivity contribution is 0.341. The highest BCUT2D eigenvalue weighted by Crippen LogP contribution is 2.32.